The Bertz CT molecular complexity index is 747. The third kappa shape index (κ3) is 2.11. The van der Waals surface area contributed by atoms with Crippen LogP contribution in [-0.4, -0.2) is 59.5 Å². The monoisotopic (exact) mass is 395 g/mol. The Hall–Kier alpha value is -0.640. The zero-order valence-corrected chi connectivity index (χ0v) is 18.1. The maximum Gasteiger partial charge on any atom is 0.139 e. The Morgan fingerprint density at radius 2 is 1.66 bits per heavy atom. The van der Waals surface area contributed by atoms with Gasteiger partial charge in [-0.15, -0.1) is 0 Å². The van der Waals surface area contributed by atoms with Crippen LogP contribution in [0.2, 0.25) is 0 Å². The number of ether oxygens (including phenoxy) is 1. The first-order valence-electron chi connectivity index (χ1n) is 12.9. The minimum absolute atomic E-state index is 0.164. The number of fused-ring (bicyclic) bond motifs is 1. The van der Waals surface area contributed by atoms with Crippen molar-refractivity contribution in [3.8, 4) is 0 Å². The van der Waals surface area contributed by atoms with Crippen LogP contribution in [0.5, 0.6) is 0 Å². The molecule has 3 nitrogen and oxygen atoms in total. The second kappa shape index (κ2) is 6.20. The van der Waals surface area contributed by atoms with Crippen molar-refractivity contribution in [3.63, 3.8) is 0 Å². The van der Waals surface area contributed by atoms with Gasteiger partial charge in [0.05, 0.1) is 31.6 Å². The van der Waals surface area contributed by atoms with Crippen molar-refractivity contribution < 1.29 is 9.22 Å². The normalized spacial score (nSPS) is 59.9. The number of allylic oxidation sites excluding steroid dienone is 4. The molecule has 0 aromatic heterocycles. The molecule has 0 N–H and O–H groups in total. The molecule has 0 amide bonds. The van der Waals surface area contributed by atoms with E-state index in [-0.39, 0.29) is 5.60 Å². The molecule has 29 heavy (non-hydrogen) atoms. The van der Waals surface area contributed by atoms with Crippen LogP contribution in [0, 0.1) is 17.3 Å². The van der Waals surface area contributed by atoms with Crippen molar-refractivity contribution in [3.05, 3.63) is 24.3 Å². The first-order chi connectivity index (χ1) is 14.3. The van der Waals surface area contributed by atoms with Gasteiger partial charge in [-0.25, -0.2) is 0 Å². The van der Waals surface area contributed by atoms with Gasteiger partial charge in [0, 0.05) is 18.4 Å². The summed E-state index contributed by atoms with van der Waals surface area (Å²) in [5, 5.41) is 0. The fourth-order valence-electron chi connectivity index (χ4n) is 10.1. The van der Waals surface area contributed by atoms with Crippen LogP contribution in [-0.2, 0) is 4.74 Å². The van der Waals surface area contributed by atoms with Crippen molar-refractivity contribution in [2.75, 3.05) is 26.2 Å². The molecule has 3 spiro atoms. The lowest BCUT2D eigenvalue weighted by Gasteiger charge is -2.76. The molecule has 9 fully saturated rings. The number of hydrogen-bond donors (Lipinski definition) is 0. The van der Waals surface area contributed by atoms with E-state index in [1.807, 2.05) is 0 Å². The van der Waals surface area contributed by atoms with E-state index in [1.165, 1.54) is 101 Å². The molecule has 0 radical (unpaired) electrons. The fraction of sp³-hybridized carbons (Fsp3) is 0.846. The fourth-order valence-corrected chi connectivity index (χ4v) is 10.1. The summed E-state index contributed by atoms with van der Waals surface area (Å²) in [5.41, 5.74) is 0.689. The molecule has 1 aliphatic carbocycles. The van der Waals surface area contributed by atoms with Crippen LogP contribution in [0.15, 0.2) is 24.3 Å². The summed E-state index contributed by atoms with van der Waals surface area (Å²) in [7, 11) is 0. The van der Waals surface area contributed by atoms with Gasteiger partial charge in [0.15, 0.2) is 0 Å². The van der Waals surface area contributed by atoms with Gasteiger partial charge in [-0.3, -0.25) is 4.90 Å². The first-order valence-corrected chi connectivity index (χ1v) is 12.9. The van der Waals surface area contributed by atoms with Gasteiger partial charge in [0.1, 0.15) is 17.9 Å². The molecule has 11 aliphatic rings. The van der Waals surface area contributed by atoms with Crippen molar-refractivity contribution in [2.24, 2.45) is 17.3 Å². The molecule has 8 saturated heterocycles. The Labute approximate surface area is 176 Å². The SMILES string of the molecule is C1=C\CC[C@]23C[N+]45CCCC/C=C\CC[C@]67O[C@H]([C@H]([C@H]64)[C@@H]2CC5)N(CCCC/1)[C@H]37. The number of rotatable bonds is 0. The van der Waals surface area contributed by atoms with Crippen LogP contribution < -0.4 is 0 Å². The lowest BCUT2D eigenvalue weighted by atomic mass is 9.41. The number of piperidine rings is 6. The van der Waals surface area contributed by atoms with E-state index in [1.54, 1.807) is 0 Å². The highest BCUT2D eigenvalue weighted by molar-refractivity contribution is 5.31. The Morgan fingerprint density at radius 3 is 2.55 bits per heavy atom. The molecule has 10 heterocycles. The highest BCUT2D eigenvalue weighted by Gasteiger charge is 2.88. The maximum absolute atomic E-state index is 7.29. The smallest absolute Gasteiger partial charge is 0.139 e. The highest BCUT2D eigenvalue weighted by atomic mass is 16.6. The van der Waals surface area contributed by atoms with E-state index in [9.17, 15) is 0 Å². The van der Waals surface area contributed by atoms with E-state index in [4.69, 9.17) is 4.74 Å². The molecular formula is C26H39N2O+. The second-order valence-corrected chi connectivity index (χ2v) is 11.6. The summed E-state index contributed by atoms with van der Waals surface area (Å²) in [6, 6.07) is 1.54. The highest BCUT2D eigenvalue weighted by Crippen LogP contribution is 2.75. The molecule has 158 valence electrons. The van der Waals surface area contributed by atoms with Crippen LogP contribution in [0.25, 0.3) is 0 Å². The van der Waals surface area contributed by atoms with E-state index < -0.39 is 0 Å². The van der Waals surface area contributed by atoms with Gasteiger partial charge in [0.25, 0.3) is 0 Å². The summed E-state index contributed by atoms with van der Waals surface area (Å²) in [5.74, 6) is 1.78. The van der Waals surface area contributed by atoms with Gasteiger partial charge in [0.2, 0.25) is 0 Å². The molecule has 2 unspecified atom stereocenters. The van der Waals surface area contributed by atoms with Crippen LogP contribution >= 0.6 is 0 Å². The lowest BCUT2D eigenvalue weighted by molar-refractivity contribution is -0.993. The van der Waals surface area contributed by atoms with Gasteiger partial charge in [-0.2, -0.15) is 0 Å². The Balaban J connectivity index is 1.39. The number of nitrogens with zero attached hydrogens (tertiary/aromatic N) is 2. The average molecular weight is 396 g/mol. The molecule has 1 saturated carbocycles. The van der Waals surface area contributed by atoms with E-state index in [0.717, 1.165) is 17.9 Å². The van der Waals surface area contributed by atoms with Crippen molar-refractivity contribution in [2.45, 2.75) is 94.5 Å². The zero-order valence-electron chi connectivity index (χ0n) is 18.1. The van der Waals surface area contributed by atoms with Crippen LogP contribution in [0.4, 0.5) is 0 Å². The molecule has 9 bridgehead atoms. The zero-order chi connectivity index (χ0) is 19.1. The maximum atomic E-state index is 7.29. The quantitative estimate of drug-likeness (QED) is 0.438. The third-order valence-electron chi connectivity index (χ3n) is 10.6. The van der Waals surface area contributed by atoms with E-state index in [0.29, 0.717) is 17.7 Å². The summed E-state index contributed by atoms with van der Waals surface area (Å²) < 4.78 is 8.74. The molecule has 9 atom stereocenters. The molecule has 11 rings (SSSR count). The summed E-state index contributed by atoms with van der Waals surface area (Å²) >= 11 is 0. The van der Waals surface area contributed by atoms with Crippen molar-refractivity contribution >= 4 is 0 Å². The predicted molar refractivity (Wildman–Crippen MR) is 115 cm³/mol. The predicted octanol–water partition coefficient (Wildman–Crippen LogP) is 4.64. The minimum Gasteiger partial charge on any atom is -0.348 e. The van der Waals surface area contributed by atoms with E-state index in [2.05, 4.69) is 29.2 Å². The lowest BCUT2D eigenvalue weighted by Crippen LogP contribution is -2.91. The van der Waals surface area contributed by atoms with Gasteiger partial charge in [-0.05, 0) is 70.1 Å². The first kappa shape index (κ1) is 18.0. The van der Waals surface area contributed by atoms with Gasteiger partial charge >= 0.3 is 0 Å². The summed E-state index contributed by atoms with van der Waals surface area (Å²) in [4.78, 5) is 2.95. The number of quaternary nitrogens is 1. The molecular weight excluding hydrogens is 356 g/mol. The van der Waals surface area contributed by atoms with Crippen molar-refractivity contribution in [1.29, 1.82) is 0 Å². The largest absolute Gasteiger partial charge is 0.348 e. The van der Waals surface area contributed by atoms with E-state index >= 15 is 0 Å². The standard InChI is InChI=1S/C26H39N2O/c1-3-7-11-16-27-23-21-20-13-18-28-17-12-8-4-2-6-10-15-26(29-23,22(21)28)24(27)25(20,19-28)14-9-5-1/h1-2,5-6,20-24H,3-4,7-19H2/q+1/b5-1-,6-2-/t20-,21-,22+,23+,24+,25-,26-,28?/m0/s1. The third-order valence-corrected chi connectivity index (χ3v) is 10.6. The summed E-state index contributed by atoms with van der Waals surface area (Å²) in [6.07, 6.45) is 25.3. The number of hydrogen-bond acceptors (Lipinski definition) is 2. The molecule has 10 aliphatic heterocycles. The topological polar surface area (TPSA) is 12.5 Å². The summed E-state index contributed by atoms with van der Waals surface area (Å²) in [6.45, 7) is 5.67. The Morgan fingerprint density at radius 1 is 0.862 bits per heavy atom. The molecule has 3 heteroatoms. The van der Waals surface area contributed by atoms with Crippen molar-refractivity contribution in [1.82, 2.24) is 4.90 Å². The van der Waals surface area contributed by atoms with Gasteiger partial charge in [-0.1, -0.05) is 24.3 Å². The average Bonchev–Trinajstić information content (AvgIpc) is 3.20. The Kier molecular flexibility index (Phi) is 3.85. The molecule has 0 aromatic carbocycles. The second-order valence-electron chi connectivity index (χ2n) is 11.6. The van der Waals surface area contributed by atoms with Crippen LogP contribution in [0.3, 0.4) is 0 Å². The molecule has 0 aromatic rings. The van der Waals surface area contributed by atoms with Gasteiger partial charge < -0.3 is 9.22 Å². The van der Waals surface area contributed by atoms with Crippen LogP contribution in [0.1, 0.15) is 70.6 Å². The minimum atomic E-state index is 0.164.